The highest BCUT2D eigenvalue weighted by Gasteiger charge is 2.16. The molecule has 1 aromatic carbocycles. The van der Waals surface area contributed by atoms with Crippen LogP contribution in [0.25, 0.3) is 27.8 Å². The van der Waals surface area contributed by atoms with Gasteiger partial charge >= 0.3 is 0 Å². The molecule has 0 fully saturated rings. The van der Waals surface area contributed by atoms with Crippen molar-refractivity contribution in [3.63, 3.8) is 0 Å². The Labute approximate surface area is 212 Å². The van der Waals surface area contributed by atoms with Crippen LogP contribution in [0.3, 0.4) is 0 Å². The van der Waals surface area contributed by atoms with E-state index in [4.69, 9.17) is 54.9 Å². The Morgan fingerprint density at radius 3 is 2.14 bits per heavy atom. The fraction of sp³-hybridized carbons (Fsp3) is 0.0909. The zero-order chi connectivity index (χ0) is 25.6. The highest BCUT2D eigenvalue weighted by atomic mass is 16.1. The highest BCUT2D eigenvalue weighted by Crippen LogP contribution is 2.22. The van der Waals surface area contributed by atoms with Gasteiger partial charge in [0.15, 0.2) is 0 Å². The summed E-state index contributed by atoms with van der Waals surface area (Å²) in [7, 11) is 43.6. The van der Waals surface area contributed by atoms with Crippen LogP contribution in [0.4, 0.5) is 5.82 Å². The molecule has 0 spiro atoms. The predicted octanol–water partition coefficient (Wildman–Crippen LogP) is -3.05. The van der Waals surface area contributed by atoms with Crippen LogP contribution >= 0.6 is 0 Å². The van der Waals surface area contributed by atoms with Crippen LogP contribution in [0.1, 0.15) is 11.4 Å². The molecule has 0 aliphatic heterocycles. The number of fused-ring (bicyclic) bond motifs is 1. The Kier molecular flexibility index (Phi) is 6.63. The van der Waals surface area contributed by atoms with E-state index < -0.39 is 5.91 Å². The summed E-state index contributed by atoms with van der Waals surface area (Å²) in [5, 5.41) is 3.38. The summed E-state index contributed by atoms with van der Waals surface area (Å²) >= 11 is 0. The van der Waals surface area contributed by atoms with E-state index in [-0.39, 0.29) is 49.6 Å². The van der Waals surface area contributed by atoms with Gasteiger partial charge in [-0.2, -0.15) is 0 Å². The molecule has 0 aliphatic rings. The largest absolute Gasteiger partial charge is 0.330 e. The van der Waals surface area contributed by atoms with Crippen LogP contribution in [-0.4, -0.2) is 80.4 Å². The summed E-state index contributed by atoms with van der Waals surface area (Å²) in [6, 6.07) is 5.37. The molecular weight excluding hydrogens is 426 g/mol. The lowest BCUT2D eigenvalue weighted by molar-refractivity contribution is -0.112. The third-order valence-electron chi connectivity index (χ3n) is 5.80. The van der Waals surface area contributed by atoms with E-state index >= 15 is 0 Å². The van der Waals surface area contributed by atoms with Gasteiger partial charge in [-0.25, -0.2) is 15.0 Å². The molecular formula is C22H12B7N5O. The number of imidazole rings is 1. The number of aryl methyl sites for hydroxylation is 1. The number of pyridine rings is 2. The number of rotatable bonds is 4. The first-order chi connectivity index (χ1) is 16.5. The first kappa shape index (κ1) is 24.8. The molecule has 0 saturated carbocycles. The number of carbonyl (C=O) groups is 1. The van der Waals surface area contributed by atoms with Crippen molar-refractivity contribution in [3.8, 4) is 11.4 Å². The summed E-state index contributed by atoms with van der Waals surface area (Å²) in [5.74, 6) is 0.331. The van der Waals surface area contributed by atoms with Gasteiger partial charge in [0, 0.05) is 24.7 Å². The van der Waals surface area contributed by atoms with Crippen LogP contribution in [0, 0.1) is 6.92 Å². The molecule has 1 N–H and O–H groups in total. The zero-order valence-corrected chi connectivity index (χ0v) is 19.1. The molecule has 0 bridgehead atoms. The van der Waals surface area contributed by atoms with E-state index in [0.29, 0.717) is 5.52 Å². The molecule has 4 rings (SSSR count). The van der Waals surface area contributed by atoms with Gasteiger partial charge in [-0.15, -0.1) is 16.4 Å². The number of nitrogens with one attached hydrogen (secondary N) is 1. The van der Waals surface area contributed by atoms with E-state index in [1.807, 2.05) is 30.7 Å². The molecule has 3 heterocycles. The summed E-state index contributed by atoms with van der Waals surface area (Å²) in [5.41, 5.74) is 1.58. The Balaban J connectivity index is 1.68. The van der Waals surface area contributed by atoms with Gasteiger partial charge < -0.3 is 9.88 Å². The average Bonchev–Trinajstić information content (AvgIpc) is 3.18. The number of benzene rings is 1. The molecule has 0 unspecified atom stereocenters. The first-order valence-corrected chi connectivity index (χ1v) is 10.3. The number of hydrogen-bond donors (Lipinski definition) is 1. The Morgan fingerprint density at radius 2 is 1.54 bits per heavy atom. The van der Waals surface area contributed by atoms with Crippen LogP contribution in [0.5, 0.6) is 0 Å². The molecule has 1 amide bonds. The molecule has 3 aromatic heterocycles. The van der Waals surface area contributed by atoms with Crippen molar-refractivity contribution in [1.82, 2.24) is 19.5 Å². The lowest BCUT2D eigenvalue weighted by atomic mass is 9.57. The van der Waals surface area contributed by atoms with Crippen molar-refractivity contribution < 1.29 is 4.79 Å². The standard InChI is InChI=1S/C22H12B7N5O/c1-8-30-7-12(34(8)2)10-4-3-9-6-31-13(5-11(9)32-10)33-22(35)21(29)17(25)14-15(23)18(26)20(28)19(27)16(14)24/h3-7H,1-2H3,(H,31,33,35)/b21-17+. The van der Waals surface area contributed by atoms with E-state index in [2.05, 4.69) is 20.3 Å². The minimum atomic E-state index is -0.736. The Morgan fingerprint density at radius 1 is 0.914 bits per heavy atom. The van der Waals surface area contributed by atoms with Gasteiger partial charge in [0.25, 0.3) is 0 Å². The molecule has 0 aliphatic carbocycles. The van der Waals surface area contributed by atoms with Crippen molar-refractivity contribution in [2.45, 2.75) is 6.92 Å². The molecule has 4 aromatic rings. The number of carbonyl (C=O) groups excluding carboxylic acids is 1. The van der Waals surface area contributed by atoms with Gasteiger partial charge in [-0.05, 0) is 30.1 Å². The number of amides is 1. The van der Waals surface area contributed by atoms with E-state index in [1.54, 1.807) is 18.5 Å². The maximum absolute atomic E-state index is 12.8. The summed E-state index contributed by atoms with van der Waals surface area (Å²) in [6.07, 6.45) is 3.33. The van der Waals surface area contributed by atoms with Crippen molar-refractivity contribution in [3.05, 3.63) is 47.5 Å². The Hall–Kier alpha value is -3.35. The van der Waals surface area contributed by atoms with Crippen molar-refractivity contribution in [1.29, 1.82) is 0 Å². The van der Waals surface area contributed by atoms with Crippen molar-refractivity contribution in [2.24, 2.45) is 7.05 Å². The predicted molar refractivity (Wildman–Crippen MR) is 147 cm³/mol. The number of nitrogens with zero attached hydrogens (tertiary/aromatic N) is 4. The molecule has 0 atom stereocenters. The maximum Gasteiger partial charge on any atom is 0.241 e. The highest BCUT2D eigenvalue weighted by molar-refractivity contribution is 6.70. The van der Waals surface area contributed by atoms with E-state index in [0.717, 1.165) is 22.6 Å². The zero-order valence-electron chi connectivity index (χ0n) is 19.1. The van der Waals surface area contributed by atoms with Crippen molar-refractivity contribution in [2.75, 3.05) is 5.32 Å². The molecule has 0 saturated heterocycles. The van der Waals surface area contributed by atoms with Crippen LogP contribution < -0.4 is 32.6 Å². The van der Waals surface area contributed by atoms with Crippen LogP contribution in [0.2, 0.25) is 0 Å². The van der Waals surface area contributed by atoms with Crippen LogP contribution in [-0.2, 0) is 11.8 Å². The van der Waals surface area contributed by atoms with Gasteiger partial charge in [0.05, 0.1) is 23.1 Å². The number of aromatic nitrogens is 4. The molecule has 13 heteroatoms. The average molecular weight is 438 g/mol. The maximum atomic E-state index is 12.8. The van der Waals surface area contributed by atoms with Gasteiger partial charge in [0.2, 0.25) is 5.91 Å². The second-order valence-electron chi connectivity index (χ2n) is 7.93. The second kappa shape index (κ2) is 9.36. The Bertz CT molecular complexity index is 1520. The smallest absolute Gasteiger partial charge is 0.241 e. The normalized spacial score (nSPS) is 11.9. The molecule has 35 heavy (non-hydrogen) atoms. The van der Waals surface area contributed by atoms with Crippen LogP contribution in [0.15, 0.2) is 36.1 Å². The number of hydrogen-bond acceptors (Lipinski definition) is 4. The monoisotopic (exact) mass is 439 g/mol. The molecule has 152 valence electrons. The fourth-order valence-corrected chi connectivity index (χ4v) is 3.55. The fourth-order valence-electron chi connectivity index (χ4n) is 3.55. The third-order valence-corrected chi connectivity index (χ3v) is 5.80. The summed E-state index contributed by atoms with van der Waals surface area (Å²) in [4.78, 5) is 26.1. The lowest BCUT2D eigenvalue weighted by Crippen LogP contribution is -2.56. The molecule has 6 nitrogen and oxygen atoms in total. The minimum Gasteiger partial charge on any atom is -0.330 e. The van der Waals surface area contributed by atoms with Gasteiger partial charge in [-0.3, -0.25) is 4.79 Å². The van der Waals surface area contributed by atoms with E-state index in [9.17, 15) is 4.79 Å². The lowest BCUT2D eigenvalue weighted by Gasteiger charge is -2.23. The number of anilines is 1. The first-order valence-electron chi connectivity index (χ1n) is 10.3. The second-order valence-corrected chi connectivity index (χ2v) is 7.93. The van der Waals surface area contributed by atoms with E-state index in [1.165, 1.54) is 0 Å². The minimum absolute atomic E-state index is 0.00968. The third kappa shape index (κ3) is 4.40. The van der Waals surface area contributed by atoms with Gasteiger partial charge in [-0.1, -0.05) is 16.4 Å². The summed E-state index contributed by atoms with van der Waals surface area (Å²) < 4.78 is 1.93. The van der Waals surface area contributed by atoms with Crippen molar-refractivity contribution >= 4 is 110 Å². The summed E-state index contributed by atoms with van der Waals surface area (Å²) in [6.45, 7) is 1.90. The molecule has 14 radical (unpaired) electrons. The SMILES string of the molecule is [B]/C(C(=O)Nc1cc2nc(-c3cnc(C)n3C)ccc2cn1)=C(/[B])c1c([B])c([B])c([B])c([B])c1[B]. The topological polar surface area (TPSA) is 72.7 Å². The van der Waals surface area contributed by atoms with Gasteiger partial charge in [0.1, 0.15) is 66.6 Å². The quantitative estimate of drug-likeness (QED) is 0.272.